The number of methoxy groups -OCH3 is 2. The minimum Gasteiger partial charge on any atom is -0.493 e. The number of ether oxygens (including phenoxy) is 3. The van der Waals surface area contributed by atoms with E-state index in [1.165, 1.54) is 5.56 Å². The van der Waals surface area contributed by atoms with Gasteiger partial charge < -0.3 is 19.5 Å². The van der Waals surface area contributed by atoms with Crippen molar-refractivity contribution >= 4 is 11.6 Å². The average Bonchev–Trinajstić information content (AvgIpc) is 2.61. The summed E-state index contributed by atoms with van der Waals surface area (Å²) in [5.74, 6) is 1.21. The molecule has 0 bridgehead atoms. The maximum Gasteiger partial charge on any atom is 0.262 e. The third kappa shape index (κ3) is 4.65. The van der Waals surface area contributed by atoms with Crippen LogP contribution in [0.3, 0.4) is 0 Å². The highest BCUT2D eigenvalue weighted by molar-refractivity contribution is 5.91. The van der Waals surface area contributed by atoms with Crippen LogP contribution in [0, 0.1) is 0 Å². The van der Waals surface area contributed by atoms with E-state index in [0.717, 1.165) is 18.5 Å². The first kappa shape index (κ1) is 17.7. The summed E-state index contributed by atoms with van der Waals surface area (Å²) in [5.41, 5.74) is 2.00. The van der Waals surface area contributed by atoms with Gasteiger partial charge in [-0.15, -0.1) is 0 Å². The number of anilines is 1. The van der Waals surface area contributed by atoms with E-state index in [4.69, 9.17) is 14.2 Å². The number of carbonyl (C=O) groups is 1. The van der Waals surface area contributed by atoms with E-state index in [1.54, 1.807) is 32.4 Å². The van der Waals surface area contributed by atoms with Gasteiger partial charge in [-0.25, -0.2) is 0 Å². The Morgan fingerprint density at radius 2 is 1.62 bits per heavy atom. The van der Waals surface area contributed by atoms with Crippen molar-refractivity contribution in [2.75, 3.05) is 26.1 Å². The molecule has 0 unspecified atom stereocenters. The lowest BCUT2D eigenvalue weighted by Gasteiger charge is -2.14. The molecule has 0 atom stereocenters. The van der Waals surface area contributed by atoms with Crippen LogP contribution in [0.25, 0.3) is 0 Å². The topological polar surface area (TPSA) is 56.8 Å². The van der Waals surface area contributed by atoms with E-state index in [1.807, 2.05) is 24.3 Å². The molecule has 0 fully saturated rings. The largest absolute Gasteiger partial charge is 0.493 e. The third-order valence-electron chi connectivity index (χ3n) is 3.51. The smallest absolute Gasteiger partial charge is 0.262 e. The fourth-order valence-corrected chi connectivity index (χ4v) is 2.34. The number of hydrogen-bond acceptors (Lipinski definition) is 4. The number of nitrogens with one attached hydrogen (secondary N) is 1. The predicted octanol–water partition coefficient (Wildman–Crippen LogP) is 3.67. The molecular weight excluding hydrogens is 306 g/mol. The molecule has 0 heterocycles. The normalized spacial score (nSPS) is 10.1. The van der Waals surface area contributed by atoms with Crippen LogP contribution in [0.2, 0.25) is 0 Å². The number of benzene rings is 2. The van der Waals surface area contributed by atoms with Gasteiger partial charge >= 0.3 is 0 Å². The molecule has 5 heteroatoms. The van der Waals surface area contributed by atoms with Crippen LogP contribution >= 0.6 is 0 Å². The van der Waals surface area contributed by atoms with Crippen LogP contribution in [0.15, 0.2) is 42.5 Å². The van der Waals surface area contributed by atoms with Gasteiger partial charge in [-0.2, -0.15) is 0 Å². The first-order chi connectivity index (χ1) is 11.7. The second kappa shape index (κ2) is 8.82. The molecule has 0 spiro atoms. The summed E-state index contributed by atoms with van der Waals surface area (Å²) in [4.78, 5) is 12.1. The van der Waals surface area contributed by atoms with E-state index in [2.05, 4.69) is 12.2 Å². The summed E-state index contributed by atoms with van der Waals surface area (Å²) in [7, 11) is 3.08. The number of aryl methyl sites for hydroxylation is 1. The summed E-state index contributed by atoms with van der Waals surface area (Å²) < 4.78 is 16.1. The minimum absolute atomic E-state index is 0.132. The highest BCUT2D eigenvalue weighted by Gasteiger charge is 2.13. The van der Waals surface area contributed by atoms with Gasteiger partial charge in [0.25, 0.3) is 5.91 Å². The van der Waals surface area contributed by atoms with Crippen molar-refractivity contribution in [2.45, 2.75) is 19.8 Å². The summed E-state index contributed by atoms with van der Waals surface area (Å²) in [5, 5.41) is 2.81. The summed E-state index contributed by atoms with van der Waals surface area (Å²) >= 11 is 0. The van der Waals surface area contributed by atoms with Gasteiger partial charge in [0.2, 0.25) is 5.75 Å². The molecule has 24 heavy (non-hydrogen) atoms. The lowest BCUT2D eigenvalue weighted by Crippen LogP contribution is -2.20. The number of rotatable bonds is 8. The van der Waals surface area contributed by atoms with Crippen molar-refractivity contribution in [1.82, 2.24) is 0 Å². The molecule has 1 N–H and O–H groups in total. The monoisotopic (exact) mass is 329 g/mol. The Hall–Kier alpha value is -2.69. The molecular formula is C19H23NO4. The van der Waals surface area contributed by atoms with Crippen molar-refractivity contribution in [3.05, 3.63) is 48.0 Å². The zero-order chi connectivity index (χ0) is 17.4. The van der Waals surface area contributed by atoms with E-state index in [-0.39, 0.29) is 12.5 Å². The maximum atomic E-state index is 12.1. The Labute approximate surface area is 142 Å². The third-order valence-corrected chi connectivity index (χ3v) is 3.51. The highest BCUT2D eigenvalue weighted by atomic mass is 16.5. The van der Waals surface area contributed by atoms with E-state index >= 15 is 0 Å². The van der Waals surface area contributed by atoms with Crippen molar-refractivity contribution < 1.29 is 19.0 Å². The van der Waals surface area contributed by atoms with E-state index < -0.39 is 0 Å². The van der Waals surface area contributed by atoms with Gasteiger partial charge in [0.1, 0.15) is 0 Å². The number of para-hydroxylation sites is 1. The van der Waals surface area contributed by atoms with Crippen LogP contribution in [0.1, 0.15) is 18.9 Å². The molecule has 0 saturated heterocycles. The van der Waals surface area contributed by atoms with Gasteiger partial charge in [0.05, 0.1) is 14.2 Å². The first-order valence-electron chi connectivity index (χ1n) is 7.90. The van der Waals surface area contributed by atoms with Crippen molar-refractivity contribution in [1.29, 1.82) is 0 Å². The van der Waals surface area contributed by atoms with Gasteiger partial charge in [0, 0.05) is 5.69 Å². The van der Waals surface area contributed by atoms with Gasteiger partial charge in [-0.3, -0.25) is 4.79 Å². The van der Waals surface area contributed by atoms with Crippen LogP contribution in [-0.2, 0) is 11.2 Å². The number of carbonyl (C=O) groups excluding carboxylic acids is 1. The second-order valence-electron chi connectivity index (χ2n) is 5.28. The second-order valence-corrected chi connectivity index (χ2v) is 5.28. The van der Waals surface area contributed by atoms with Gasteiger partial charge in [-0.1, -0.05) is 31.5 Å². The molecule has 0 aliphatic heterocycles. The zero-order valence-corrected chi connectivity index (χ0v) is 14.3. The molecule has 0 radical (unpaired) electrons. The number of hydrogen-bond donors (Lipinski definition) is 1. The minimum atomic E-state index is -0.244. The predicted molar refractivity (Wildman–Crippen MR) is 94.1 cm³/mol. The highest BCUT2D eigenvalue weighted by Crippen LogP contribution is 2.36. The Kier molecular flexibility index (Phi) is 6.49. The summed E-state index contributed by atoms with van der Waals surface area (Å²) in [6.07, 6.45) is 2.13. The van der Waals surface area contributed by atoms with Crippen molar-refractivity contribution in [3.8, 4) is 17.2 Å². The molecule has 2 rings (SSSR count). The molecule has 0 saturated carbocycles. The lowest BCUT2D eigenvalue weighted by molar-refractivity contribution is -0.118. The Balaban J connectivity index is 1.96. The molecule has 0 aliphatic carbocycles. The van der Waals surface area contributed by atoms with Crippen LogP contribution in [-0.4, -0.2) is 26.7 Å². The quantitative estimate of drug-likeness (QED) is 0.803. The van der Waals surface area contributed by atoms with Crippen LogP contribution < -0.4 is 19.5 Å². The van der Waals surface area contributed by atoms with E-state index in [0.29, 0.717) is 17.2 Å². The van der Waals surface area contributed by atoms with Crippen molar-refractivity contribution in [3.63, 3.8) is 0 Å². The molecule has 1 amide bonds. The molecule has 2 aromatic rings. The zero-order valence-electron chi connectivity index (χ0n) is 14.3. The standard InChI is InChI=1S/C19H23NO4/c1-4-6-14-9-11-15(12-10-14)20-18(21)13-24-19-16(22-2)7-5-8-17(19)23-3/h5,7-12H,4,6,13H2,1-3H3,(H,20,21). The molecule has 0 aliphatic rings. The number of amides is 1. The summed E-state index contributed by atoms with van der Waals surface area (Å²) in [6, 6.07) is 13.1. The Morgan fingerprint density at radius 3 is 2.17 bits per heavy atom. The molecule has 5 nitrogen and oxygen atoms in total. The molecule has 0 aromatic heterocycles. The Morgan fingerprint density at radius 1 is 1.00 bits per heavy atom. The van der Waals surface area contributed by atoms with Gasteiger partial charge in [0.15, 0.2) is 18.1 Å². The lowest BCUT2D eigenvalue weighted by atomic mass is 10.1. The molecule has 128 valence electrons. The van der Waals surface area contributed by atoms with Gasteiger partial charge in [-0.05, 0) is 36.2 Å². The van der Waals surface area contributed by atoms with Crippen LogP contribution in [0.5, 0.6) is 17.2 Å². The fraction of sp³-hybridized carbons (Fsp3) is 0.316. The Bertz CT molecular complexity index is 645. The van der Waals surface area contributed by atoms with Crippen LogP contribution in [0.4, 0.5) is 5.69 Å². The maximum absolute atomic E-state index is 12.1. The SMILES string of the molecule is CCCc1ccc(NC(=O)COc2c(OC)cccc2OC)cc1. The van der Waals surface area contributed by atoms with Crippen molar-refractivity contribution in [2.24, 2.45) is 0 Å². The first-order valence-corrected chi connectivity index (χ1v) is 7.90. The summed E-state index contributed by atoms with van der Waals surface area (Å²) in [6.45, 7) is 2.01. The average molecular weight is 329 g/mol. The molecule has 2 aromatic carbocycles. The fourth-order valence-electron chi connectivity index (χ4n) is 2.34. The van der Waals surface area contributed by atoms with E-state index in [9.17, 15) is 4.79 Å².